The molecule has 1 saturated heterocycles. The molecule has 154 valence electrons. The first-order chi connectivity index (χ1) is 14.7. The van der Waals surface area contributed by atoms with Crippen molar-refractivity contribution in [3.05, 3.63) is 64.9 Å². The van der Waals surface area contributed by atoms with Gasteiger partial charge < -0.3 is 14.4 Å². The zero-order chi connectivity index (χ0) is 20.5. The molecule has 1 aromatic heterocycles. The first-order valence-electron chi connectivity index (χ1n) is 9.78. The van der Waals surface area contributed by atoms with Crippen LogP contribution >= 0.6 is 11.3 Å². The summed E-state index contributed by atoms with van der Waals surface area (Å²) in [7, 11) is 0. The Morgan fingerprint density at radius 3 is 2.70 bits per heavy atom. The summed E-state index contributed by atoms with van der Waals surface area (Å²) in [6.07, 6.45) is 0. The summed E-state index contributed by atoms with van der Waals surface area (Å²) in [5.41, 5.74) is 2.15. The highest BCUT2D eigenvalue weighted by molar-refractivity contribution is 7.13. The predicted molar refractivity (Wildman–Crippen MR) is 111 cm³/mol. The molecule has 8 heteroatoms. The summed E-state index contributed by atoms with van der Waals surface area (Å²) in [5, 5.41) is 3.01. The van der Waals surface area contributed by atoms with Gasteiger partial charge >= 0.3 is 0 Å². The highest BCUT2D eigenvalue weighted by Gasteiger charge is 2.24. The van der Waals surface area contributed by atoms with Gasteiger partial charge in [0.2, 0.25) is 6.79 Å². The maximum atomic E-state index is 13.9. The second kappa shape index (κ2) is 8.04. The van der Waals surface area contributed by atoms with Gasteiger partial charge in [-0.2, -0.15) is 0 Å². The number of piperazine rings is 1. The quantitative estimate of drug-likeness (QED) is 0.639. The minimum atomic E-state index is -0.469. The van der Waals surface area contributed by atoms with Gasteiger partial charge in [-0.1, -0.05) is 12.1 Å². The van der Waals surface area contributed by atoms with Gasteiger partial charge in [0, 0.05) is 43.7 Å². The molecule has 30 heavy (non-hydrogen) atoms. The number of rotatable bonds is 4. The fourth-order valence-corrected chi connectivity index (χ4v) is 4.49. The average molecular weight is 425 g/mol. The lowest BCUT2D eigenvalue weighted by Gasteiger charge is -2.34. The number of hydrogen-bond acceptors (Lipinski definition) is 6. The van der Waals surface area contributed by atoms with Crippen molar-refractivity contribution < 1.29 is 18.7 Å². The van der Waals surface area contributed by atoms with Crippen molar-refractivity contribution in [2.75, 3.05) is 33.0 Å². The fraction of sp³-hybridized carbons (Fsp3) is 0.273. The second-order valence-corrected chi connectivity index (χ2v) is 8.12. The molecule has 0 aliphatic carbocycles. The molecule has 0 N–H and O–H groups in total. The Kier molecular flexibility index (Phi) is 5.10. The molecule has 2 aromatic carbocycles. The van der Waals surface area contributed by atoms with E-state index in [4.69, 9.17) is 14.5 Å². The molecule has 0 atom stereocenters. The summed E-state index contributed by atoms with van der Waals surface area (Å²) in [4.78, 5) is 21.3. The second-order valence-electron chi connectivity index (χ2n) is 7.26. The topological polar surface area (TPSA) is 54.9 Å². The number of hydrogen-bond donors (Lipinski definition) is 0. The molecule has 1 amide bonds. The molecular weight excluding hydrogens is 405 g/mol. The highest BCUT2D eigenvalue weighted by Crippen LogP contribution is 2.36. The zero-order valence-electron chi connectivity index (χ0n) is 16.2. The van der Waals surface area contributed by atoms with E-state index in [1.165, 1.54) is 12.1 Å². The number of amides is 1. The Labute approximate surface area is 177 Å². The van der Waals surface area contributed by atoms with Crippen LogP contribution in [0.15, 0.2) is 47.8 Å². The maximum Gasteiger partial charge on any atom is 0.256 e. The lowest BCUT2D eigenvalue weighted by molar-refractivity contribution is 0.0623. The molecule has 1 fully saturated rings. The number of nitrogens with zero attached hydrogens (tertiary/aromatic N) is 3. The molecule has 2 aliphatic rings. The number of carbonyl (C=O) groups excluding carboxylic acids is 1. The molecule has 3 aromatic rings. The Morgan fingerprint density at radius 2 is 1.87 bits per heavy atom. The Hall–Kier alpha value is -2.97. The number of halogens is 1. The van der Waals surface area contributed by atoms with Crippen LogP contribution in [-0.4, -0.2) is 53.7 Å². The third kappa shape index (κ3) is 3.76. The van der Waals surface area contributed by atoms with Crippen LogP contribution in [0, 0.1) is 5.82 Å². The highest BCUT2D eigenvalue weighted by atomic mass is 32.1. The SMILES string of the molecule is O=C(c1ccccc1F)N1CCN(Cc2csc(-c3ccc4c(c3)OCO4)n2)CC1. The third-order valence-electron chi connectivity index (χ3n) is 5.32. The number of fused-ring (bicyclic) bond motifs is 1. The van der Waals surface area contributed by atoms with Crippen LogP contribution in [0.1, 0.15) is 16.1 Å². The van der Waals surface area contributed by atoms with Gasteiger partial charge in [-0.25, -0.2) is 9.37 Å². The van der Waals surface area contributed by atoms with Crippen molar-refractivity contribution in [1.82, 2.24) is 14.8 Å². The number of ether oxygens (including phenoxy) is 2. The van der Waals surface area contributed by atoms with Crippen LogP contribution in [0.3, 0.4) is 0 Å². The van der Waals surface area contributed by atoms with Crippen LogP contribution in [0.4, 0.5) is 4.39 Å². The standard InChI is InChI=1S/C22H20FN3O3S/c23-18-4-2-1-3-17(18)22(27)26-9-7-25(8-10-26)12-16-13-30-21(24-16)15-5-6-19-20(11-15)29-14-28-19/h1-6,11,13H,7-10,12,14H2. The van der Waals surface area contributed by atoms with E-state index in [1.54, 1.807) is 28.4 Å². The van der Waals surface area contributed by atoms with Crippen molar-refractivity contribution in [3.8, 4) is 22.1 Å². The molecule has 2 aliphatic heterocycles. The summed E-state index contributed by atoms with van der Waals surface area (Å²) >= 11 is 1.60. The normalized spacial score (nSPS) is 16.1. The summed E-state index contributed by atoms with van der Waals surface area (Å²) in [6, 6.07) is 12.0. The van der Waals surface area contributed by atoms with E-state index in [9.17, 15) is 9.18 Å². The fourth-order valence-electron chi connectivity index (χ4n) is 3.68. The first-order valence-corrected chi connectivity index (χ1v) is 10.7. The van der Waals surface area contributed by atoms with Crippen molar-refractivity contribution >= 4 is 17.2 Å². The average Bonchev–Trinajstić information content (AvgIpc) is 3.43. The summed E-state index contributed by atoms with van der Waals surface area (Å²) < 4.78 is 24.7. The van der Waals surface area contributed by atoms with Gasteiger partial charge in [0.1, 0.15) is 10.8 Å². The number of aromatic nitrogens is 1. The van der Waals surface area contributed by atoms with E-state index in [1.807, 2.05) is 18.2 Å². The first kappa shape index (κ1) is 19.0. The summed E-state index contributed by atoms with van der Waals surface area (Å²) in [5.74, 6) is 0.799. The lowest BCUT2D eigenvalue weighted by Crippen LogP contribution is -2.48. The largest absolute Gasteiger partial charge is 0.454 e. The Balaban J connectivity index is 1.19. The zero-order valence-corrected chi connectivity index (χ0v) is 17.0. The number of carbonyl (C=O) groups is 1. The molecule has 0 saturated carbocycles. The molecule has 3 heterocycles. The van der Waals surface area contributed by atoms with Crippen LogP contribution in [-0.2, 0) is 6.54 Å². The van der Waals surface area contributed by atoms with Crippen molar-refractivity contribution in [2.24, 2.45) is 0 Å². The van der Waals surface area contributed by atoms with E-state index in [0.29, 0.717) is 13.1 Å². The smallest absolute Gasteiger partial charge is 0.256 e. The Bertz CT molecular complexity index is 1080. The molecule has 0 spiro atoms. The van der Waals surface area contributed by atoms with E-state index in [0.717, 1.165) is 47.4 Å². The molecule has 5 rings (SSSR count). The third-order valence-corrected chi connectivity index (χ3v) is 6.26. The van der Waals surface area contributed by atoms with Crippen molar-refractivity contribution in [1.29, 1.82) is 0 Å². The van der Waals surface area contributed by atoms with Gasteiger partial charge in [0.15, 0.2) is 11.5 Å². The minimum absolute atomic E-state index is 0.138. The van der Waals surface area contributed by atoms with Crippen molar-refractivity contribution in [2.45, 2.75) is 6.54 Å². The van der Waals surface area contributed by atoms with E-state index < -0.39 is 5.82 Å². The van der Waals surface area contributed by atoms with E-state index in [2.05, 4.69) is 10.3 Å². The van der Waals surface area contributed by atoms with Crippen LogP contribution in [0.2, 0.25) is 0 Å². The van der Waals surface area contributed by atoms with Crippen LogP contribution in [0.5, 0.6) is 11.5 Å². The molecule has 0 unspecified atom stereocenters. The summed E-state index contributed by atoms with van der Waals surface area (Å²) in [6.45, 7) is 3.60. The lowest BCUT2D eigenvalue weighted by atomic mass is 10.1. The van der Waals surface area contributed by atoms with Gasteiger partial charge in [-0.15, -0.1) is 11.3 Å². The molecule has 6 nitrogen and oxygen atoms in total. The molecule has 0 bridgehead atoms. The maximum absolute atomic E-state index is 13.9. The number of thiazole rings is 1. The van der Waals surface area contributed by atoms with E-state index >= 15 is 0 Å². The van der Waals surface area contributed by atoms with E-state index in [-0.39, 0.29) is 18.3 Å². The molecule has 0 radical (unpaired) electrons. The van der Waals surface area contributed by atoms with Crippen LogP contribution < -0.4 is 9.47 Å². The minimum Gasteiger partial charge on any atom is -0.454 e. The Morgan fingerprint density at radius 1 is 1.07 bits per heavy atom. The van der Waals surface area contributed by atoms with Crippen molar-refractivity contribution in [3.63, 3.8) is 0 Å². The van der Waals surface area contributed by atoms with Gasteiger partial charge in [-0.3, -0.25) is 9.69 Å². The molecular formula is C22H20FN3O3S. The van der Waals surface area contributed by atoms with Gasteiger partial charge in [0.25, 0.3) is 5.91 Å². The van der Waals surface area contributed by atoms with Gasteiger partial charge in [0.05, 0.1) is 11.3 Å². The monoisotopic (exact) mass is 425 g/mol. The van der Waals surface area contributed by atoms with Crippen LogP contribution in [0.25, 0.3) is 10.6 Å². The van der Waals surface area contributed by atoms with Gasteiger partial charge in [-0.05, 0) is 30.3 Å². The predicted octanol–water partition coefficient (Wildman–Crippen LogP) is 3.64. The number of benzene rings is 2.